The van der Waals surface area contributed by atoms with Gasteiger partial charge in [-0.1, -0.05) is 31.2 Å². The van der Waals surface area contributed by atoms with Crippen LogP contribution in [0.5, 0.6) is 0 Å². The summed E-state index contributed by atoms with van der Waals surface area (Å²) in [5.74, 6) is -0.927. The number of carbonyl (C=O) groups is 3. The third-order valence-corrected chi connectivity index (χ3v) is 4.92. The first kappa shape index (κ1) is 19.2. The van der Waals surface area contributed by atoms with Crippen LogP contribution < -0.4 is 5.32 Å². The number of non-ortho nitro benzene ring substituents is 1. The molecular formula is C20H19N3O5. The molecule has 1 N–H and O–H groups in total. The highest BCUT2D eigenvalue weighted by molar-refractivity contribution is 6.11. The van der Waals surface area contributed by atoms with Gasteiger partial charge in [0, 0.05) is 17.7 Å². The monoisotopic (exact) mass is 381 g/mol. The number of nitrogens with one attached hydrogen (secondary N) is 1. The van der Waals surface area contributed by atoms with Crippen LogP contribution in [0, 0.1) is 10.1 Å². The number of ketones is 1. The average Bonchev–Trinajstić information content (AvgIpc) is 2.92. The number of benzene rings is 2. The second-order valence-electron chi connectivity index (χ2n) is 6.72. The lowest BCUT2D eigenvalue weighted by Crippen LogP contribution is -2.41. The molecule has 144 valence electrons. The van der Waals surface area contributed by atoms with Crippen molar-refractivity contribution in [2.75, 3.05) is 6.54 Å². The van der Waals surface area contributed by atoms with Crippen molar-refractivity contribution in [1.29, 1.82) is 0 Å². The number of amides is 3. The van der Waals surface area contributed by atoms with Gasteiger partial charge in [-0.25, -0.2) is 4.79 Å². The summed E-state index contributed by atoms with van der Waals surface area (Å²) in [6.45, 7) is 3.14. The van der Waals surface area contributed by atoms with Crippen LogP contribution in [0.4, 0.5) is 10.5 Å². The van der Waals surface area contributed by atoms with Gasteiger partial charge in [0.1, 0.15) is 5.54 Å². The molecule has 0 bridgehead atoms. The van der Waals surface area contributed by atoms with Crippen LogP contribution in [0.1, 0.15) is 35.3 Å². The second kappa shape index (κ2) is 7.22. The molecule has 2 aromatic carbocycles. The van der Waals surface area contributed by atoms with E-state index in [-0.39, 0.29) is 18.0 Å². The molecule has 0 unspecified atom stereocenters. The van der Waals surface area contributed by atoms with Crippen LogP contribution >= 0.6 is 0 Å². The van der Waals surface area contributed by atoms with Gasteiger partial charge in [0.2, 0.25) is 0 Å². The summed E-state index contributed by atoms with van der Waals surface area (Å²) in [7, 11) is 0. The summed E-state index contributed by atoms with van der Waals surface area (Å²) in [6.07, 6.45) is 0.842. The number of nitrogens with zero attached hydrogens (tertiary/aromatic N) is 2. The van der Waals surface area contributed by atoms with Crippen LogP contribution in [0.3, 0.4) is 0 Å². The third kappa shape index (κ3) is 3.36. The average molecular weight is 381 g/mol. The maximum atomic E-state index is 12.9. The largest absolute Gasteiger partial charge is 0.325 e. The van der Waals surface area contributed by atoms with Crippen LogP contribution in [0.15, 0.2) is 48.5 Å². The molecule has 1 aliphatic rings. The zero-order valence-corrected chi connectivity index (χ0v) is 15.5. The number of nitro benzene ring substituents is 1. The Labute approximate surface area is 161 Å². The molecule has 3 amide bonds. The topological polar surface area (TPSA) is 110 Å². The summed E-state index contributed by atoms with van der Waals surface area (Å²) in [6, 6.07) is 11.7. The molecule has 1 aliphatic heterocycles. The Bertz CT molecular complexity index is 953. The summed E-state index contributed by atoms with van der Waals surface area (Å²) in [5.41, 5.74) is 0.392. The van der Waals surface area contributed by atoms with E-state index >= 15 is 0 Å². The number of hydrogen-bond acceptors (Lipinski definition) is 5. The van der Waals surface area contributed by atoms with E-state index in [4.69, 9.17) is 0 Å². The molecule has 8 nitrogen and oxygen atoms in total. The van der Waals surface area contributed by atoms with Crippen LogP contribution in [0.2, 0.25) is 0 Å². The van der Waals surface area contributed by atoms with E-state index in [1.54, 1.807) is 12.1 Å². The molecule has 8 heteroatoms. The van der Waals surface area contributed by atoms with Crippen molar-refractivity contribution in [3.8, 4) is 0 Å². The van der Waals surface area contributed by atoms with Crippen LogP contribution in [-0.4, -0.2) is 34.1 Å². The van der Waals surface area contributed by atoms with Gasteiger partial charge < -0.3 is 5.32 Å². The van der Waals surface area contributed by atoms with Gasteiger partial charge in [-0.05, 0) is 36.6 Å². The number of carbonyl (C=O) groups excluding carboxylic acids is 3. The zero-order valence-electron chi connectivity index (χ0n) is 15.5. The summed E-state index contributed by atoms with van der Waals surface area (Å²) < 4.78 is 0. The first-order valence-electron chi connectivity index (χ1n) is 8.77. The molecule has 28 heavy (non-hydrogen) atoms. The minimum Gasteiger partial charge on any atom is -0.319 e. The lowest BCUT2D eigenvalue weighted by atomic mass is 9.92. The Balaban J connectivity index is 1.80. The van der Waals surface area contributed by atoms with E-state index in [2.05, 4.69) is 5.32 Å². The van der Waals surface area contributed by atoms with E-state index in [0.29, 0.717) is 11.1 Å². The Kier molecular flexibility index (Phi) is 4.96. The highest BCUT2D eigenvalue weighted by Crippen LogP contribution is 2.30. The number of rotatable bonds is 6. The Morgan fingerprint density at radius 1 is 1.11 bits per heavy atom. The number of hydrogen-bond donors (Lipinski definition) is 1. The SMILES string of the molecule is CCc1ccc(C(=O)CN2C(=O)N[C@](C)(c3ccc([N+](=O)[O-])cc3)C2=O)cc1. The van der Waals surface area contributed by atoms with Crippen molar-refractivity contribution in [3.63, 3.8) is 0 Å². The van der Waals surface area contributed by atoms with E-state index in [0.717, 1.165) is 16.9 Å². The van der Waals surface area contributed by atoms with Crippen molar-refractivity contribution >= 4 is 23.4 Å². The fourth-order valence-corrected chi connectivity index (χ4v) is 3.11. The predicted octanol–water partition coefficient (Wildman–Crippen LogP) is 2.81. The van der Waals surface area contributed by atoms with E-state index in [1.807, 2.05) is 19.1 Å². The molecule has 0 aliphatic carbocycles. The second-order valence-corrected chi connectivity index (χ2v) is 6.72. The van der Waals surface area contributed by atoms with Crippen molar-refractivity contribution in [2.45, 2.75) is 25.8 Å². The van der Waals surface area contributed by atoms with Gasteiger partial charge in [-0.3, -0.25) is 24.6 Å². The minimum absolute atomic E-state index is 0.119. The van der Waals surface area contributed by atoms with Gasteiger partial charge in [-0.2, -0.15) is 0 Å². The number of nitro groups is 1. The number of urea groups is 1. The molecule has 3 rings (SSSR count). The van der Waals surface area contributed by atoms with Gasteiger partial charge in [0.05, 0.1) is 11.5 Å². The highest BCUT2D eigenvalue weighted by atomic mass is 16.6. The molecule has 1 saturated heterocycles. The van der Waals surface area contributed by atoms with Gasteiger partial charge in [-0.15, -0.1) is 0 Å². The molecule has 0 radical (unpaired) electrons. The fraction of sp³-hybridized carbons (Fsp3) is 0.250. The van der Waals surface area contributed by atoms with E-state index in [1.165, 1.54) is 31.2 Å². The summed E-state index contributed by atoms with van der Waals surface area (Å²) in [4.78, 5) is 48.9. The summed E-state index contributed by atoms with van der Waals surface area (Å²) >= 11 is 0. The van der Waals surface area contributed by atoms with Crippen molar-refractivity contribution < 1.29 is 19.3 Å². The number of imide groups is 1. The predicted molar refractivity (Wildman–Crippen MR) is 101 cm³/mol. The Morgan fingerprint density at radius 2 is 1.71 bits per heavy atom. The smallest absolute Gasteiger partial charge is 0.319 e. The number of Topliss-reactive ketones (excluding diaryl/α,β-unsaturated/α-hetero) is 1. The fourth-order valence-electron chi connectivity index (χ4n) is 3.11. The Morgan fingerprint density at radius 3 is 2.25 bits per heavy atom. The van der Waals surface area contributed by atoms with E-state index < -0.39 is 22.4 Å². The molecule has 1 heterocycles. The van der Waals surface area contributed by atoms with Gasteiger partial charge in [0.15, 0.2) is 5.78 Å². The van der Waals surface area contributed by atoms with Crippen LogP contribution in [0.25, 0.3) is 0 Å². The lowest BCUT2D eigenvalue weighted by Gasteiger charge is -2.22. The van der Waals surface area contributed by atoms with Crippen molar-refractivity contribution in [3.05, 3.63) is 75.3 Å². The maximum Gasteiger partial charge on any atom is 0.325 e. The van der Waals surface area contributed by atoms with E-state index in [9.17, 15) is 24.5 Å². The standard InChI is InChI=1S/C20H19N3O5/c1-3-13-4-6-14(7-5-13)17(24)12-22-18(25)20(2,21-19(22)26)15-8-10-16(11-9-15)23(27)28/h4-11H,3,12H2,1-2H3,(H,21,26)/t20-/m1/s1. The quantitative estimate of drug-likeness (QED) is 0.358. The van der Waals surface area contributed by atoms with Gasteiger partial charge in [0.25, 0.3) is 11.6 Å². The molecule has 1 fully saturated rings. The number of aryl methyl sites for hydroxylation is 1. The van der Waals surface area contributed by atoms with Gasteiger partial charge >= 0.3 is 6.03 Å². The molecule has 2 aromatic rings. The minimum atomic E-state index is -1.39. The molecule has 0 spiro atoms. The maximum absolute atomic E-state index is 12.9. The first-order chi connectivity index (χ1) is 13.3. The molecule has 0 saturated carbocycles. The summed E-state index contributed by atoms with van der Waals surface area (Å²) in [5, 5.41) is 13.4. The zero-order chi connectivity index (χ0) is 20.5. The molecule has 0 aromatic heterocycles. The normalized spacial score (nSPS) is 18.9. The third-order valence-electron chi connectivity index (χ3n) is 4.92. The molecular weight excluding hydrogens is 362 g/mol. The Hall–Kier alpha value is -3.55. The van der Waals surface area contributed by atoms with Crippen molar-refractivity contribution in [1.82, 2.24) is 10.2 Å². The highest BCUT2D eigenvalue weighted by Gasteiger charge is 2.49. The lowest BCUT2D eigenvalue weighted by molar-refractivity contribution is -0.384. The van der Waals surface area contributed by atoms with Crippen LogP contribution in [-0.2, 0) is 16.8 Å². The first-order valence-corrected chi connectivity index (χ1v) is 8.77. The molecule has 1 atom stereocenters. The van der Waals surface area contributed by atoms with Crippen molar-refractivity contribution in [2.24, 2.45) is 0 Å².